The van der Waals surface area contributed by atoms with Gasteiger partial charge in [0.15, 0.2) is 0 Å². The van der Waals surface area contributed by atoms with Crippen molar-refractivity contribution >= 4 is 28.9 Å². The number of halogens is 1. The Labute approximate surface area is 161 Å². The van der Waals surface area contributed by atoms with E-state index in [9.17, 15) is 9.59 Å². The first-order valence-electron chi connectivity index (χ1n) is 8.40. The van der Waals surface area contributed by atoms with Crippen LogP contribution >= 0.6 is 11.6 Å². The molecule has 27 heavy (non-hydrogen) atoms. The van der Waals surface area contributed by atoms with E-state index in [1.54, 1.807) is 24.3 Å². The van der Waals surface area contributed by atoms with Crippen LogP contribution in [-0.2, 0) is 4.79 Å². The lowest BCUT2D eigenvalue weighted by molar-refractivity contribution is -0.114. The number of amides is 1. The fourth-order valence-electron chi connectivity index (χ4n) is 2.68. The van der Waals surface area contributed by atoms with Gasteiger partial charge in [-0.25, -0.2) is 0 Å². The Morgan fingerprint density at radius 2 is 1.74 bits per heavy atom. The zero-order valence-corrected chi connectivity index (χ0v) is 15.7. The van der Waals surface area contributed by atoms with E-state index in [0.29, 0.717) is 11.4 Å². The van der Waals surface area contributed by atoms with E-state index >= 15 is 0 Å². The maximum Gasteiger partial charge on any atom is 0.292 e. The van der Waals surface area contributed by atoms with E-state index in [-0.39, 0.29) is 17.5 Å². The molecular formula is C20H19ClN4O2. The lowest BCUT2D eigenvalue weighted by Gasteiger charge is -2.13. The molecule has 1 aromatic heterocycles. The molecule has 0 radical (unpaired) electrons. The Bertz CT molecular complexity index is 1010. The Balaban J connectivity index is 1.72. The molecule has 2 aromatic carbocycles. The quantitative estimate of drug-likeness (QED) is 0.707. The lowest BCUT2D eigenvalue weighted by atomic mass is 10.1. The highest BCUT2D eigenvalue weighted by Gasteiger charge is 2.12. The van der Waals surface area contributed by atoms with E-state index in [0.717, 1.165) is 16.8 Å². The van der Waals surface area contributed by atoms with Crippen LogP contribution in [0.3, 0.4) is 0 Å². The molecule has 0 spiro atoms. The lowest BCUT2D eigenvalue weighted by Crippen LogP contribution is -2.26. The fraction of sp³-hybridized carbons (Fsp3) is 0.150. The van der Waals surface area contributed by atoms with Gasteiger partial charge in [-0.1, -0.05) is 48.0 Å². The van der Waals surface area contributed by atoms with Gasteiger partial charge in [0.05, 0.1) is 24.1 Å². The van der Waals surface area contributed by atoms with Crippen molar-refractivity contribution in [2.24, 2.45) is 0 Å². The van der Waals surface area contributed by atoms with Crippen LogP contribution in [0, 0.1) is 13.8 Å². The third-order valence-electron chi connectivity index (χ3n) is 4.10. The molecule has 7 heteroatoms. The molecule has 3 rings (SSSR count). The molecule has 138 valence electrons. The second-order valence-electron chi connectivity index (χ2n) is 6.09. The van der Waals surface area contributed by atoms with Crippen molar-refractivity contribution in [2.75, 3.05) is 17.2 Å². The van der Waals surface area contributed by atoms with Gasteiger partial charge in [0.25, 0.3) is 5.56 Å². The first-order chi connectivity index (χ1) is 13.0. The molecule has 2 N–H and O–H groups in total. The number of hydrogen-bond donors (Lipinski definition) is 2. The zero-order chi connectivity index (χ0) is 19.4. The topological polar surface area (TPSA) is 76.0 Å². The standard InChI is InChI=1S/C20H19ClN4O2/c1-13-7-6-8-14(2)19(13)24-17(26)12-22-16-11-23-25(20(27)18(16)21)15-9-4-3-5-10-15/h3-11,22H,12H2,1-2H3,(H,24,26). The smallest absolute Gasteiger partial charge is 0.292 e. The molecule has 0 aliphatic rings. The van der Waals surface area contributed by atoms with Crippen molar-refractivity contribution in [3.63, 3.8) is 0 Å². The number of para-hydroxylation sites is 2. The van der Waals surface area contributed by atoms with Crippen LogP contribution in [0.15, 0.2) is 59.5 Å². The summed E-state index contributed by atoms with van der Waals surface area (Å²) in [5.41, 5.74) is 3.22. The molecule has 3 aromatic rings. The van der Waals surface area contributed by atoms with Gasteiger partial charge >= 0.3 is 0 Å². The second-order valence-corrected chi connectivity index (χ2v) is 6.47. The minimum Gasteiger partial charge on any atom is -0.373 e. The van der Waals surface area contributed by atoms with Gasteiger partial charge in [0.2, 0.25) is 5.91 Å². The number of nitrogens with one attached hydrogen (secondary N) is 2. The summed E-state index contributed by atoms with van der Waals surface area (Å²) in [7, 11) is 0. The van der Waals surface area contributed by atoms with Gasteiger partial charge in [-0.3, -0.25) is 9.59 Å². The summed E-state index contributed by atoms with van der Waals surface area (Å²) in [5.74, 6) is -0.240. The van der Waals surface area contributed by atoms with Crippen LogP contribution in [0.25, 0.3) is 5.69 Å². The number of anilines is 2. The molecule has 1 amide bonds. The molecular weight excluding hydrogens is 364 g/mol. The SMILES string of the molecule is Cc1cccc(C)c1NC(=O)CNc1cnn(-c2ccccc2)c(=O)c1Cl. The minimum absolute atomic E-state index is 0.0197. The highest BCUT2D eigenvalue weighted by atomic mass is 35.5. The average Bonchev–Trinajstić information content (AvgIpc) is 2.67. The van der Waals surface area contributed by atoms with Gasteiger partial charge in [0, 0.05) is 5.69 Å². The average molecular weight is 383 g/mol. The van der Waals surface area contributed by atoms with Crippen molar-refractivity contribution in [2.45, 2.75) is 13.8 Å². The minimum atomic E-state index is -0.456. The molecule has 0 saturated carbocycles. The summed E-state index contributed by atoms with van der Waals surface area (Å²) < 4.78 is 1.21. The predicted octanol–water partition coefficient (Wildman–Crippen LogP) is 3.55. The number of rotatable bonds is 5. The Morgan fingerprint density at radius 3 is 2.41 bits per heavy atom. The van der Waals surface area contributed by atoms with Crippen LogP contribution in [0.1, 0.15) is 11.1 Å². The molecule has 1 heterocycles. The first-order valence-corrected chi connectivity index (χ1v) is 8.78. The number of hydrogen-bond acceptors (Lipinski definition) is 4. The van der Waals surface area contributed by atoms with Crippen molar-refractivity contribution in [1.29, 1.82) is 0 Å². The summed E-state index contributed by atoms with van der Waals surface area (Å²) in [5, 5.41) is 9.85. The summed E-state index contributed by atoms with van der Waals surface area (Å²) in [6.07, 6.45) is 1.43. The summed E-state index contributed by atoms with van der Waals surface area (Å²) >= 11 is 6.17. The molecule has 0 saturated heterocycles. The zero-order valence-electron chi connectivity index (χ0n) is 15.0. The monoisotopic (exact) mass is 382 g/mol. The number of benzene rings is 2. The van der Waals surface area contributed by atoms with Gasteiger partial charge in [0.1, 0.15) is 5.02 Å². The molecule has 0 unspecified atom stereocenters. The van der Waals surface area contributed by atoms with Crippen LogP contribution in [0.2, 0.25) is 5.02 Å². The first kappa shape index (κ1) is 18.7. The molecule has 0 bridgehead atoms. The molecule has 0 fully saturated rings. The van der Waals surface area contributed by atoms with E-state index in [1.165, 1.54) is 10.9 Å². The summed E-state index contributed by atoms with van der Waals surface area (Å²) in [4.78, 5) is 24.7. The fourth-order valence-corrected chi connectivity index (χ4v) is 2.88. The largest absolute Gasteiger partial charge is 0.373 e. The number of aromatic nitrogens is 2. The van der Waals surface area contributed by atoms with E-state index in [4.69, 9.17) is 11.6 Å². The van der Waals surface area contributed by atoms with E-state index in [1.807, 2.05) is 38.1 Å². The predicted molar refractivity (Wildman–Crippen MR) is 108 cm³/mol. The van der Waals surface area contributed by atoms with Crippen molar-refractivity contribution < 1.29 is 4.79 Å². The normalized spacial score (nSPS) is 10.5. The molecule has 0 aliphatic carbocycles. The van der Waals surface area contributed by atoms with E-state index in [2.05, 4.69) is 15.7 Å². The van der Waals surface area contributed by atoms with Crippen LogP contribution < -0.4 is 16.2 Å². The highest BCUT2D eigenvalue weighted by molar-refractivity contribution is 6.33. The number of carbonyl (C=O) groups excluding carboxylic acids is 1. The molecule has 0 aliphatic heterocycles. The summed E-state index contributed by atoms with van der Waals surface area (Å²) in [6.45, 7) is 3.82. The Hall–Kier alpha value is -3.12. The summed E-state index contributed by atoms with van der Waals surface area (Å²) in [6, 6.07) is 14.8. The maximum absolute atomic E-state index is 12.4. The van der Waals surface area contributed by atoms with Crippen molar-refractivity contribution in [3.05, 3.63) is 81.2 Å². The van der Waals surface area contributed by atoms with Crippen LogP contribution in [0.4, 0.5) is 11.4 Å². The van der Waals surface area contributed by atoms with Crippen LogP contribution in [-0.4, -0.2) is 22.2 Å². The van der Waals surface area contributed by atoms with Crippen molar-refractivity contribution in [3.8, 4) is 5.69 Å². The third kappa shape index (κ3) is 4.17. The molecule has 0 atom stereocenters. The van der Waals surface area contributed by atoms with E-state index < -0.39 is 5.56 Å². The van der Waals surface area contributed by atoms with Gasteiger partial charge in [-0.05, 0) is 37.1 Å². The third-order valence-corrected chi connectivity index (χ3v) is 4.47. The number of nitrogens with zero attached hydrogens (tertiary/aromatic N) is 2. The molecule has 6 nitrogen and oxygen atoms in total. The number of aryl methyl sites for hydroxylation is 2. The van der Waals surface area contributed by atoms with Gasteiger partial charge < -0.3 is 10.6 Å². The van der Waals surface area contributed by atoms with Crippen molar-refractivity contribution in [1.82, 2.24) is 9.78 Å². The second kappa shape index (κ2) is 8.05. The van der Waals surface area contributed by atoms with Crippen LogP contribution in [0.5, 0.6) is 0 Å². The van der Waals surface area contributed by atoms with Gasteiger partial charge in [-0.2, -0.15) is 9.78 Å². The Morgan fingerprint density at radius 1 is 1.07 bits per heavy atom. The highest BCUT2D eigenvalue weighted by Crippen LogP contribution is 2.20. The Kier molecular flexibility index (Phi) is 5.57. The number of carbonyl (C=O) groups is 1. The van der Waals surface area contributed by atoms with Gasteiger partial charge in [-0.15, -0.1) is 0 Å². The maximum atomic E-state index is 12.4.